The highest BCUT2D eigenvalue weighted by molar-refractivity contribution is 6.39. The molecular weight excluding hydrogens is 436 g/mol. The van der Waals surface area contributed by atoms with E-state index in [1.807, 2.05) is 0 Å². The second-order valence-electron chi connectivity index (χ2n) is 10.7. The molecule has 2 heterocycles. The summed E-state index contributed by atoms with van der Waals surface area (Å²) in [7, 11) is 0. The summed E-state index contributed by atoms with van der Waals surface area (Å²) in [5, 5.41) is 15.1. The number of nitrogens with one attached hydrogen (secondary N) is 2. The van der Waals surface area contributed by atoms with Crippen LogP contribution in [0.15, 0.2) is 12.3 Å². The number of aryl methyl sites for hydroxylation is 1. The third kappa shape index (κ3) is 6.91. The molecule has 0 bridgehead atoms. The van der Waals surface area contributed by atoms with Crippen LogP contribution in [0.25, 0.3) is 0 Å². The topological polar surface area (TPSA) is 121 Å². The average Bonchev–Trinajstić information content (AvgIpc) is 2.74. The zero-order chi connectivity index (χ0) is 25.0. The molecule has 34 heavy (non-hydrogen) atoms. The minimum atomic E-state index is -0.691. The molecule has 9 heteroatoms. The Hall–Kier alpha value is -2.68. The summed E-state index contributed by atoms with van der Waals surface area (Å²) in [6.45, 7) is 9.72. The third-order valence-corrected chi connectivity index (χ3v) is 6.56. The van der Waals surface area contributed by atoms with Crippen molar-refractivity contribution < 1.29 is 24.2 Å². The number of nitrogens with zero attached hydrogens (tertiary/aromatic N) is 2. The third-order valence-electron chi connectivity index (χ3n) is 6.56. The second-order valence-corrected chi connectivity index (χ2v) is 10.7. The lowest BCUT2D eigenvalue weighted by Gasteiger charge is -2.44. The number of amides is 3. The average molecular weight is 475 g/mol. The fourth-order valence-electron chi connectivity index (χ4n) is 4.87. The van der Waals surface area contributed by atoms with E-state index in [0.29, 0.717) is 35.4 Å². The van der Waals surface area contributed by atoms with Gasteiger partial charge in [-0.3, -0.25) is 14.9 Å². The Balaban J connectivity index is 1.64. The highest BCUT2D eigenvalue weighted by atomic mass is 16.6. The minimum Gasteiger partial charge on any atom is -0.444 e. The number of hydrogen-bond donors (Lipinski definition) is 3. The largest absolute Gasteiger partial charge is 0.444 e. The summed E-state index contributed by atoms with van der Waals surface area (Å²) in [4.78, 5) is 44.0. The van der Waals surface area contributed by atoms with Crippen molar-refractivity contribution >= 4 is 29.4 Å². The quantitative estimate of drug-likeness (QED) is 0.572. The van der Waals surface area contributed by atoms with Gasteiger partial charge in [-0.25, -0.2) is 9.78 Å². The van der Waals surface area contributed by atoms with Crippen molar-refractivity contribution in [2.24, 2.45) is 11.8 Å². The number of pyridine rings is 1. The van der Waals surface area contributed by atoms with E-state index < -0.39 is 23.5 Å². The lowest BCUT2D eigenvalue weighted by Crippen LogP contribution is -2.53. The van der Waals surface area contributed by atoms with Gasteiger partial charge in [0.1, 0.15) is 11.4 Å². The Kier molecular flexibility index (Phi) is 8.17. The minimum absolute atomic E-state index is 0.0298. The predicted octanol–water partition coefficient (Wildman–Crippen LogP) is 3.85. The predicted molar refractivity (Wildman–Crippen MR) is 129 cm³/mol. The SMILES string of the molecule is Cc1cc(NC(=O)C(=O)N2C[C@H](C)CC[C@H]2C2CCC(O)CC2)cnc1NC(=O)OC(C)(C)C. The van der Waals surface area contributed by atoms with Crippen molar-refractivity contribution in [3.8, 4) is 0 Å². The molecule has 1 aliphatic carbocycles. The van der Waals surface area contributed by atoms with E-state index in [-0.39, 0.29) is 12.1 Å². The number of carbonyl (C=O) groups is 3. The number of likely N-dealkylation sites (tertiary alicyclic amines) is 1. The van der Waals surface area contributed by atoms with Crippen molar-refractivity contribution in [3.05, 3.63) is 17.8 Å². The van der Waals surface area contributed by atoms with E-state index >= 15 is 0 Å². The first-order valence-electron chi connectivity index (χ1n) is 12.2. The molecule has 1 aromatic rings. The monoisotopic (exact) mass is 474 g/mol. The first-order chi connectivity index (χ1) is 15.9. The van der Waals surface area contributed by atoms with Crippen LogP contribution in [0.5, 0.6) is 0 Å². The zero-order valence-corrected chi connectivity index (χ0v) is 20.9. The molecule has 9 nitrogen and oxygen atoms in total. The Morgan fingerprint density at radius 2 is 1.76 bits per heavy atom. The lowest BCUT2D eigenvalue weighted by molar-refractivity contribution is -0.148. The normalized spacial score (nSPS) is 25.4. The van der Waals surface area contributed by atoms with Crippen molar-refractivity contribution in [1.29, 1.82) is 0 Å². The summed E-state index contributed by atoms with van der Waals surface area (Å²) in [6.07, 6.45) is 5.70. The van der Waals surface area contributed by atoms with E-state index in [9.17, 15) is 19.5 Å². The first kappa shape index (κ1) is 25.9. The van der Waals surface area contributed by atoms with Gasteiger partial charge in [-0.2, -0.15) is 0 Å². The Bertz CT molecular complexity index is 905. The van der Waals surface area contributed by atoms with E-state index in [1.54, 1.807) is 38.7 Å². The fourth-order valence-corrected chi connectivity index (χ4v) is 4.87. The van der Waals surface area contributed by atoms with Gasteiger partial charge in [-0.1, -0.05) is 6.92 Å². The number of carbonyl (C=O) groups excluding carboxylic acids is 3. The maximum Gasteiger partial charge on any atom is 0.413 e. The van der Waals surface area contributed by atoms with Crippen LogP contribution in [-0.2, 0) is 14.3 Å². The maximum absolute atomic E-state index is 13.2. The number of hydrogen-bond acceptors (Lipinski definition) is 6. The number of piperidine rings is 1. The van der Waals surface area contributed by atoms with Gasteiger partial charge in [0, 0.05) is 12.6 Å². The highest BCUT2D eigenvalue weighted by Gasteiger charge is 2.38. The van der Waals surface area contributed by atoms with Gasteiger partial charge in [0.25, 0.3) is 0 Å². The molecule has 2 atom stereocenters. The van der Waals surface area contributed by atoms with Gasteiger partial charge >= 0.3 is 17.9 Å². The van der Waals surface area contributed by atoms with Crippen LogP contribution in [0.4, 0.5) is 16.3 Å². The summed E-state index contributed by atoms with van der Waals surface area (Å²) in [5.74, 6) is -0.248. The van der Waals surface area contributed by atoms with Crippen LogP contribution < -0.4 is 10.6 Å². The molecule has 0 aromatic carbocycles. The molecular formula is C25H38N4O5. The van der Waals surface area contributed by atoms with Gasteiger partial charge in [0.05, 0.1) is 18.0 Å². The molecule has 0 radical (unpaired) electrons. The summed E-state index contributed by atoms with van der Waals surface area (Å²) < 4.78 is 5.24. The second kappa shape index (κ2) is 10.7. The van der Waals surface area contributed by atoms with Crippen LogP contribution >= 0.6 is 0 Å². The summed E-state index contributed by atoms with van der Waals surface area (Å²) in [6, 6.07) is 1.69. The number of aliphatic hydroxyl groups is 1. The first-order valence-corrected chi connectivity index (χ1v) is 12.2. The molecule has 1 aromatic heterocycles. The molecule has 3 amide bonds. The molecule has 0 spiro atoms. The van der Waals surface area contributed by atoms with Gasteiger partial charge in [-0.15, -0.1) is 0 Å². The van der Waals surface area contributed by atoms with Gasteiger partial charge in [0.15, 0.2) is 0 Å². The van der Waals surface area contributed by atoms with Crippen LogP contribution in [0, 0.1) is 18.8 Å². The standard InChI is InChI=1S/C25H38N4O5/c1-15-6-11-20(17-7-9-19(30)10-8-17)29(14-15)23(32)22(31)27-18-12-16(2)21(26-13-18)28-24(33)34-25(3,4)5/h12-13,15,17,19-20,30H,6-11,14H2,1-5H3,(H,27,31)(H,26,28,33)/t15-,17?,19?,20+/m1/s1. The number of ether oxygens (including phenoxy) is 1. The van der Waals surface area contributed by atoms with Crippen molar-refractivity contribution in [2.75, 3.05) is 17.2 Å². The zero-order valence-electron chi connectivity index (χ0n) is 20.9. The van der Waals surface area contributed by atoms with E-state index in [0.717, 1.165) is 38.5 Å². The molecule has 188 valence electrons. The molecule has 0 unspecified atom stereocenters. The number of aromatic nitrogens is 1. The molecule has 3 rings (SSSR count). The van der Waals surface area contributed by atoms with Gasteiger partial charge < -0.3 is 20.1 Å². The van der Waals surface area contributed by atoms with Crippen LogP contribution in [-0.4, -0.2) is 57.2 Å². The fraction of sp³-hybridized carbons (Fsp3) is 0.680. The number of anilines is 2. The van der Waals surface area contributed by atoms with Crippen molar-refractivity contribution in [2.45, 2.75) is 90.9 Å². The highest BCUT2D eigenvalue weighted by Crippen LogP contribution is 2.35. The smallest absolute Gasteiger partial charge is 0.413 e. The lowest BCUT2D eigenvalue weighted by atomic mass is 9.77. The van der Waals surface area contributed by atoms with Crippen LogP contribution in [0.2, 0.25) is 0 Å². The molecule has 2 fully saturated rings. The molecule has 2 aliphatic rings. The van der Waals surface area contributed by atoms with E-state index in [2.05, 4.69) is 22.5 Å². The Labute approximate surface area is 201 Å². The molecule has 1 saturated carbocycles. The summed E-state index contributed by atoms with van der Waals surface area (Å²) in [5.41, 5.74) is 0.377. The van der Waals surface area contributed by atoms with Crippen molar-refractivity contribution in [1.82, 2.24) is 9.88 Å². The number of rotatable bonds is 3. The van der Waals surface area contributed by atoms with Gasteiger partial charge in [-0.05, 0) is 89.7 Å². The van der Waals surface area contributed by atoms with Crippen molar-refractivity contribution in [3.63, 3.8) is 0 Å². The van der Waals surface area contributed by atoms with Crippen LogP contribution in [0.1, 0.15) is 71.8 Å². The van der Waals surface area contributed by atoms with E-state index in [4.69, 9.17) is 4.74 Å². The Morgan fingerprint density at radius 1 is 1.09 bits per heavy atom. The number of aliphatic hydroxyl groups excluding tert-OH is 1. The maximum atomic E-state index is 13.2. The van der Waals surface area contributed by atoms with Gasteiger partial charge in [0.2, 0.25) is 0 Å². The van der Waals surface area contributed by atoms with E-state index in [1.165, 1.54) is 6.20 Å². The molecule has 1 aliphatic heterocycles. The molecule has 1 saturated heterocycles. The van der Waals surface area contributed by atoms with Crippen LogP contribution in [0.3, 0.4) is 0 Å². The summed E-state index contributed by atoms with van der Waals surface area (Å²) >= 11 is 0. The molecule has 3 N–H and O–H groups in total. The Morgan fingerprint density at radius 3 is 2.38 bits per heavy atom.